The van der Waals surface area contributed by atoms with Gasteiger partial charge in [-0.05, 0) is 13.8 Å². The second-order valence-electron chi connectivity index (χ2n) is 4.80. The Morgan fingerprint density at radius 3 is 2.28 bits per heavy atom. The summed E-state index contributed by atoms with van der Waals surface area (Å²) in [5.41, 5.74) is 8.90. The van der Waals surface area contributed by atoms with Gasteiger partial charge in [-0.1, -0.05) is 13.8 Å². The van der Waals surface area contributed by atoms with Gasteiger partial charge in [0.1, 0.15) is 5.82 Å². The summed E-state index contributed by atoms with van der Waals surface area (Å²) in [7, 11) is 0. The standard InChI is InChI=1S/C13H21N3S2/c1-7-11(5-14)8(2)16-13(15-7)12-6-17-9(3)10(4)18-12/h9-10,12H,5-6,14H2,1-4H3. The first-order valence-corrected chi connectivity index (χ1v) is 8.33. The van der Waals surface area contributed by atoms with Gasteiger partial charge in [-0.15, -0.1) is 11.8 Å². The molecule has 3 atom stereocenters. The third kappa shape index (κ3) is 2.83. The van der Waals surface area contributed by atoms with E-state index in [9.17, 15) is 0 Å². The van der Waals surface area contributed by atoms with Crippen LogP contribution in [0.3, 0.4) is 0 Å². The minimum absolute atomic E-state index is 0.422. The Morgan fingerprint density at radius 1 is 1.17 bits per heavy atom. The molecular formula is C13H21N3S2. The van der Waals surface area contributed by atoms with Crippen LogP contribution in [0.25, 0.3) is 0 Å². The molecule has 5 heteroatoms. The van der Waals surface area contributed by atoms with Crippen LogP contribution in [0.5, 0.6) is 0 Å². The predicted molar refractivity (Wildman–Crippen MR) is 81.1 cm³/mol. The molecule has 18 heavy (non-hydrogen) atoms. The lowest BCUT2D eigenvalue weighted by atomic mass is 10.1. The van der Waals surface area contributed by atoms with Crippen LogP contribution in [0.15, 0.2) is 0 Å². The van der Waals surface area contributed by atoms with Crippen molar-refractivity contribution in [3.8, 4) is 0 Å². The molecule has 1 aromatic heterocycles. The molecule has 0 bridgehead atoms. The summed E-state index contributed by atoms with van der Waals surface area (Å²) < 4.78 is 0. The first-order chi connectivity index (χ1) is 8.52. The molecule has 3 nitrogen and oxygen atoms in total. The van der Waals surface area contributed by atoms with Gasteiger partial charge < -0.3 is 5.73 Å². The predicted octanol–water partition coefficient (Wildman–Crippen LogP) is 2.85. The molecule has 0 saturated carbocycles. The highest BCUT2D eigenvalue weighted by molar-refractivity contribution is 8.07. The SMILES string of the molecule is Cc1nc(C2CSC(C)C(C)S2)nc(C)c1CN. The first-order valence-electron chi connectivity index (χ1n) is 6.34. The fourth-order valence-corrected chi connectivity index (χ4v) is 4.97. The van der Waals surface area contributed by atoms with Gasteiger partial charge in [-0.25, -0.2) is 9.97 Å². The summed E-state index contributed by atoms with van der Waals surface area (Å²) >= 11 is 4.03. The number of nitrogens with zero attached hydrogens (tertiary/aromatic N) is 2. The molecule has 1 aromatic rings. The van der Waals surface area contributed by atoms with Gasteiger partial charge in [0.25, 0.3) is 0 Å². The molecule has 1 fully saturated rings. The van der Waals surface area contributed by atoms with Gasteiger partial charge >= 0.3 is 0 Å². The molecule has 2 N–H and O–H groups in total. The summed E-state index contributed by atoms with van der Waals surface area (Å²) in [5.74, 6) is 2.09. The molecule has 1 aliphatic heterocycles. The minimum atomic E-state index is 0.422. The zero-order valence-electron chi connectivity index (χ0n) is 11.4. The van der Waals surface area contributed by atoms with Gasteiger partial charge in [0.2, 0.25) is 0 Å². The summed E-state index contributed by atoms with van der Waals surface area (Å²) in [5, 5.41) is 1.80. The second-order valence-corrected chi connectivity index (χ2v) is 7.80. The first kappa shape index (κ1) is 14.2. The van der Waals surface area contributed by atoms with Crippen molar-refractivity contribution in [3.05, 3.63) is 22.8 Å². The van der Waals surface area contributed by atoms with Crippen LogP contribution >= 0.6 is 23.5 Å². The van der Waals surface area contributed by atoms with Crippen LogP contribution < -0.4 is 5.73 Å². The molecule has 2 rings (SSSR count). The zero-order chi connectivity index (χ0) is 13.3. The van der Waals surface area contributed by atoms with Crippen LogP contribution in [0.2, 0.25) is 0 Å². The van der Waals surface area contributed by atoms with Crippen molar-refractivity contribution in [3.63, 3.8) is 0 Å². The average molecular weight is 283 g/mol. The van der Waals surface area contributed by atoms with Gasteiger partial charge in [-0.2, -0.15) is 11.8 Å². The monoisotopic (exact) mass is 283 g/mol. The lowest BCUT2D eigenvalue weighted by Gasteiger charge is -2.30. The van der Waals surface area contributed by atoms with E-state index >= 15 is 0 Å². The number of aromatic nitrogens is 2. The number of nitrogens with two attached hydrogens (primary N) is 1. The van der Waals surface area contributed by atoms with E-state index in [4.69, 9.17) is 5.73 Å². The van der Waals surface area contributed by atoms with Gasteiger partial charge in [-0.3, -0.25) is 0 Å². The van der Waals surface area contributed by atoms with Crippen molar-refractivity contribution >= 4 is 23.5 Å². The highest BCUT2D eigenvalue weighted by Gasteiger charge is 2.28. The van der Waals surface area contributed by atoms with E-state index in [2.05, 4.69) is 23.8 Å². The number of hydrogen-bond acceptors (Lipinski definition) is 5. The minimum Gasteiger partial charge on any atom is -0.326 e. The highest BCUT2D eigenvalue weighted by atomic mass is 32.2. The Balaban J connectivity index is 2.24. The van der Waals surface area contributed by atoms with Crippen LogP contribution in [0.4, 0.5) is 0 Å². The molecule has 1 saturated heterocycles. The summed E-state index contributed by atoms with van der Waals surface area (Å²) in [6, 6.07) is 0. The second kappa shape index (κ2) is 5.80. The number of rotatable bonds is 2. The Kier molecular flexibility index (Phi) is 4.56. The van der Waals surface area contributed by atoms with Gasteiger partial charge in [0, 0.05) is 39.7 Å². The lowest BCUT2D eigenvalue weighted by molar-refractivity contribution is 0.823. The van der Waals surface area contributed by atoms with Crippen LogP contribution in [-0.2, 0) is 6.54 Å². The Morgan fingerprint density at radius 2 is 1.78 bits per heavy atom. The van der Waals surface area contributed by atoms with Crippen molar-refractivity contribution in [2.75, 3.05) is 5.75 Å². The molecule has 0 radical (unpaired) electrons. The quantitative estimate of drug-likeness (QED) is 0.904. The Hall–Kier alpha value is -0.260. The maximum Gasteiger partial charge on any atom is 0.142 e. The van der Waals surface area contributed by atoms with E-state index < -0.39 is 0 Å². The molecule has 0 amide bonds. The van der Waals surface area contributed by atoms with Gasteiger partial charge in [0.05, 0.1) is 5.25 Å². The van der Waals surface area contributed by atoms with E-state index in [-0.39, 0.29) is 0 Å². The molecule has 3 unspecified atom stereocenters. The maximum atomic E-state index is 5.73. The molecule has 0 aromatic carbocycles. The summed E-state index contributed by atoms with van der Waals surface area (Å²) in [6.45, 7) is 9.19. The molecular weight excluding hydrogens is 262 g/mol. The highest BCUT2D eigenvalue weighted by Crippen LogP contribution is 2.43. The lowest BCUT2D eigenvalue weighted by Crippen LogP contribution is -2.23. The summed E-state index contributed by atoms with van der Waals surface area (Å²) in [4.78, 5) is 9.33. The third-order valence-corrected chi connectivity index (χ3v) is 6.87. The zero-order valence-corrected chi connectivity index (χ0v) is 13.1. The van der Waals surface area contributed by atoms with E-state index in [1.165, 1.54) is 0 Å². The van der Waals surface area contributed by atoms with E-state index in [0.29, 0.717) is 17.0 Å². The van der Waals surface area contributed by atoms with Crippen molar-refractivity contribution in [2.45, 2.75) is 50.0 Å². The van der Waals surface area contributed by atoms with Crippen LogP contribution in [0, 0.1) is 13.8 Å². The topological polar surface area (TPSA) is 51.8 Å². The molecule has 1 aliphatic rings. The molecule has 100 valence electrons. The van der Waals surface area contributed by atoms with Gasteiger partial charge in [0.15, 0.2) is 0 Å². The van der Waals surface area contributed by atoms with Crippen molar-refractivity contribution in [2.24, 2.45) is 5.73 Å². The van der Waals surface area contributed by atoms with Crippen LogP contribution in [-0.4, -0.2) is 26.2 Å². The van der Waals surface area contributed by atoms with Crippen LogP contribution in [0.1, 0.15) is 41.9 Å². The van der Waals surface area contributed by atoms with Crippen molar-refractivity contribution in [1.29, 1.82) is 0 Å². The van der Waals surface area contributed by atoms with E-state index in [1.807, 2.05) is 37.4 Å². The summed E-state index contributed by atoms with van der Waals surface area (Å²) in [6.07, 6.45) is 0. The molecule has 0 spiro atoms. The smallest absolute Gasteiger partial charge is 0.142 e. The largest absolute Gasteiger partial charge is 0.326 e. The fourth-order valence-electron chi connectivity index (χ4n) is 2.12. The number of hydrogen-bond donors (Lipinski definition) is 1. The Bertz CT molecular complexity index is 413. The van der Waals surface area contributed by atoms with Crippen molar-refractivity contribution in [1.82, 2.24) is 9.97 Å². The van der Waals surface area contributed by atoms with Crippen molar-refractivity contribution < 1.29 is 0 Å². The third-order valence-electron chi connectivity index (χ3n) is 3.48. The Labute approximate surface area is 118 Å². The van der Waals surface area contributed by atoms with E-state index in [1.54, 1.807) is 0 Å². The number of aryl methyl sites for hydroxylation is 2. The number of thioether (sulfide) groups is 2. The molecule has 0 aliphatic carbocycles. The normalized spacial score (nSPS) is 28.4. The average Bonchev–Trinajstić information content (AvgIpc) is 2.32. The fraction of sp³-hybridized carbons (Fsp3) is 0.692. The maximum absolute atomic E-state index is 5.73. The van der Waals surface area contributed by atoms with E-state index in [0.717, 1.165) is 33.8 Å². The molecule has 2 heterocycles.